The van der Waals surface area contributed by atoms with Gasteiger partial charge in [0.05, 0.1) is 0 Å². The molecule has 0 saturated carbocycles. The number of aromatic amines is 1. The molecule has 1 aromatic rings. The van der Waals surface area contributed by atoms with Crippen molar-refractivity contribution >= 4 is 11.8 Å². The molecule has 1 rings (SSSR count). The van der Waals surface area contributed by atoms with Crippen LogP contribution in [-0.4, -0.2) is 27.1 Å². The summed E-state index contributed by atoms with van der Waals surface area (Å²) < 4.78 is 1.58. The summed E-state index contributed by atoms with van der Waals surface area (Å²) in [5, 5.41) is 6.99. The number of hydrogen-bond acceptors (Lipinski definition) is 4. The third-order valence-corrected chi connectivity index (χ3v) is 2.86. The molecule has 0 aromatic carbocycles. The van der Waals surface area contributed by atoms with Crippen LogP contribution in [0.3, 0.4) is 0 Å². The van der Waals surface area contributed by atoms with Gasteiger partial charge in [-0.05, 0) is 6.92 Å². The fraction of sp³-hybridized carbons (Fsp3) is 0.500. The molecule has 1 heterocycles. The van der Waals surface area contributed by atoms with Gasteiger partial charge < -0.3 is 5.73 Å². The number of nitrogens with two attached hydrogens (primary N) is 1. The van der Waals surface area contributed by atoms with Crippen molar-refractivity contribution in [3.8, 4) is 0 Å². The molecule has 78 valence electrons. The molecule has 0 amide bonds. The molecule has 3 N–H and O–H groups in total. The minimum atomic E-state index is -0.173. The average Bonchev–Trinajstić information content (AvgIpc) is 2.55. The third kappa shape index (κ3) is 2.49. The van der Waals surface area contributed by atoms with E-state index in [0.29, 0.717) is 24.0 Å². The van der Waals surface area contributed by atoms with Crippen LogP contribution in [0.25, 0.3) is 0 Å². The largest absolute Gasteiger partial charge is 0.343 e. The first-order chi connectivity index (χ1) is 6.69. The van der Waals surface area contributed by atoms with Crippen molar-refractivity contribution in [3.05, 3.63) is 22.6 Å². The van der Waals surface area contributed by atoms with Crippen molar-refractivity contribution in [1.82, 2.24) is 14.8 Å². The summed E-state index contributed by atoms with van der Waals surface area (Å²) >= 11 is 1.47. The Kier molecular flexibility index (Phi) is 3.97. The van der Waals surface area contributed by atoms with Crippen molar-refractivity contribution in [2.45, 2.75) is 18.6 Å². The second-order valence-electron chi connectivity index (χ2n) is 2.80. The molecular formula is C8H14N4OS. The standard InChI is InChI=1S/C8H14N4OS/c1-3-12-7(13)10-11-8(12)14-5-6(2)4-9/h2-5,9H2,1H3,(H,10,13). The number of thioether (sulfide) groups is 1. The molecule has 0 spiro atoms. The quantitative estimate of drug-likeness (QED) is 0.542. The van der Waals surface area contributed by atoms with Gasteiger partial charge in [0, 0.05) is 18.8 Å². The van der Waals surface area contributed by atoms with Crippen molar-refractivity contribution < 1.29 is 0 Å². The molecule has 1 aromatic heterocycles. The second kappa shape index (κ2) is 5.02. The third-order valence-electron chi connectivity index (χ3n) is 1.73. The zero-order chi connectivity index (χ0) is 10.6. The highest BCUT2D eigenvalue weighted by molar-refractivity contribution is 7.99. The fourth-order valence-corrected chi connectivity index (χ4v) is 1.85. The predicted molar refractivity (Wildman–Crippen MR) is 57.4 cm³/mol. The highest BCUT2D eigenvalue weighted by Gasteiger charge is 2.06. The van der Waals surface area contributed by atoms with Gasteiger partial charge in [-0.2, -0.15) is 0 Å². The summed E-state index contributed by atoms with van der Waals surface area (Å²) in [5.41, 5.74) is 6.17. The molecule has 0 saturated heterocycles. The van der Waals surface area contributed by atoms with E-state index < -0.39 is 0 Å². The van der Waals surface area contributed by atoms with Gasteiger partial charge in [0.25, 0.3) is 0 Å². The van der Waals surface area contributed by atoms with Crippen LogP contribution in [0.15, 0.2) is 22.1 Å². The first-order valence-corrected chi connectivity index (χ1v) is 5.32. The van der Waals surface area contributed by atoms with Gasteiger partial charge in [0.1, 0.15) is 0 Å². The number of hydrogen-bond donors (Lipinski definition) is 2. The Balaban J connectivity index is 2.67. The van der Waals surface area contributed by atoms with Gasteiger partial charge in [-0.25, -0.2) is 9.89 Å². The Morgan fingerprint density at radius 2 is 2.50 bits per heavy atom. The van der Waals surface area contributed by atoms with Crippen LogP contribution in [0.2, 0.25) is 0 Å². The predicted octanol–water partition coefficient (Wildman–Crippen LogP) is 0.198. The van der Waals surface area contributed by atoms with Gasteiger partial charge in [0.15, 0.2) is 5.16 Å². The van der Waals surface area contributed by atoms with E-state index in [1.54, 1.807) is 4.57 Å². The Bertz CT molecular complexity index is 368. The van der Waals surface area contributed by atoms with Crippen molar-refractivity contribution in [1.29, 1.82) is 0 Å². The molecule has 0 radical (unpaired) electrons. The number of nitrogens with zero attached hydrogens (tertiary/aromatic N) is 2. The second-order valence-corrected chi connectivity index (χ2v) is 3.74. The Morgan fingerprint density at radius 1 is 1.79 bits per heavy atom. The summed E-state index contributed by atoms with van der Waals surface area (Å²) in [6, 6.07) is 0. The molecule has 0 aliphatic rings. The van der Waals surface area contributed by atoms with Crippen molar-refractivity contribution in [2.75, 3.05) is 12.3 Å². The smallest absolute Gasteiger partial charge is 0.327 e. The molecule has 5 nitrogen and oxygen atoms in total. The fourth-order valence-electron chi connectivity index (χ4n) is 0.918. The van der Waals surface area contributed by atoms with Gasteiger partial charge in [-0.3, -0.25) is 4.57 Å². The van der Waals surface area contributed by atoms with Gasteiger partial charge in [-0.1, -0.05) is 23.9 Å². The van der Waals surface area contributed by atoms with E-state index in [2.05, 4.69) is 16.8 Å². The maximum atomic E-state index is 11.2. The van der Waals surface area contributed by atoms with Crippen molar-refractivity contribution in [3.63, 3.8) is 0 Å². The number of H-pyrrole nitrogens is 1. The first-order valence-electron chi connectivity index (χ1n) is 4.33. The number of nitrogens with one attached hydrogen (secondary N) is 1. The van der Waals surface area contributed by atoms with E-state index in [9.17, 15) is 4.79 Å². The lowest BCUT2D eigenvalue weighted by atomic mass is 10.4. The molecule has 0 unspecified atom stereocenters. The van der Waals surface area contributed by atoms with Crippen LogP contribution in [0, 0.1) is 0 Å². The SMILES string of the molecule is C=C(CN)CSc1n[nH]c(=O)n1CC. The summed E-state index contributed by atoms with van der Waals surface area (Å²) in [6.07, 6.45) is 0. The highest BCUT2D eigenvalue weighted by atomic mass is 32.2. The summed E-state index contributed by atoms with van der Waals surface area (Å²) in [7, 11) is 0. The summed E-state index contributed by atoms with van der Waals surface area (Å²) in [5.74, 6) is 0.695. The molecule has 0 bridgehead atoms. The zero-order valence-corrected chi connectivity index (χ0v) is 8.93. The molecule has 0 aliphatic carbocycles. The minimum Gasteiger partial charge on any atom is -0.327 e. The average molecular weight is 214 g/mol. The maximum absolute atomic E-state index is 11.2. The van der Waals surface area contributed by atoms with Crippen LogP contribution in [0.1, 0.15) is 6.92 Å². The van der Waals surface area contributed by atoms with E-state index >= 15 is 0 Å². The lowest BCUT2D eigenvalue weighted by molar-refractivity contribution is 0.661. The summed E-state index contributed by atoms with van der Waals surface area (Å²) in [4.78, 5) is 11.2. The van der Waals surface area contributed by atoms with E-state index in [0.717, 1.165) is 5.57 Å². The minimum absolute atomic E-state index is 0.173. The Labute approximate surface area is 86.4 Å². The van der Waals surface area contributed by atoms with E-state index in [1.165, 1.54) is 11.8 Å². The Morgan fingerprint density at radius 3 is 3.07 bits per heavy atom. The summed E-state index contributed by atoms with van der Waals surface area (Å²) in [6.45, 7) is 6.76. The van der Waals surface area contributed by atoms with Crippen LogP contribution < -0.4 is 11.4 Å². The monoisotopic (exact) mass is 214 g/mol. The van der Waals surface area contributed by atoms with Gasteiger partial charge in [0.2, 0.25) is 0 Å². The Hall–Kier alpha value is -1.01. The molecule has 14 heavy (non-hydrogen) atoms. The maximum Gasteiger partial charge on any atom is 0.343 e. The van der Waals surface area contributed by atoms with Gasteiger partial charge in [-0.15, -0.1) is 5.10 Å². The highest BCUT2D eigenvalue weighted by Crippen LogP contribution is 2.15. The zero-order valence-electron chi connectivity index (χ0n) is 8.12. The molecule has 0 fully saturated rings. The van der Waals surface area contributed by atoms with E-state index in [4.69, 9.17) is 5.73 Å². The number of rotatable bonds is 5. The van der Waals surface area contributed by atoms with E-state index in [1.807, 2.05) is 6.92 Å². The van der Waals surface area contributed by atoms with Crippen LogP contribution in [-0.2, 0) is 6.54 Å². The van der Waals surface area contributed by atoms with Gasteiger partial charge >= 0.3 is 5.69 Å². The van der Waals surface area contributed by atoms with Crippen molar-refractivity contribution in [2.24, 2.45) is 5.73 Å². The first kappa shape index (κ1) is 11.1. The molecule has 6 heteroatoms. The molecule has 0 atom stereocenters. The molecular weight excluding hydrogens is 200 g/mol. The topological polar surface area (TPSA) is 76.7 Å². The lowest BCUT2D eigenvalue weighted by Gasteiger charge is -2.02. The lowest BCUT2D eigenvalue weighted by Crippen LogP contribution is -2.16. The van der Waals surface area contributed by atoms with E-state index in [-0.39, 0.29) is 5.69 Å². The van der Waals surface area contributed by atoms with Crippen LogP contribution in [0.5, 0.6) is 0 Å². The number of aromatic nitrogens is 3. The normalized spacial score (nSPS) is 10.4. The van der Waals surface area contributed by atoms with Crippen LogP contribution >= 0.6 is 11.8 Å². The molecule has 0 aliphatic heterocycles. The van der Waals surface area contributed by atoms with Crippen LogP contribution in [0.4, 0.5) is 0 Å².